The summed E-state index contributed by atoms with van der Waals surface area (Å²) in [5.41, 5.74) is 0. The van der Waals surface area contributed by atoms with Gasteiger partial charge in [-0.05, 0) is 7.05 Å². The highest BCUT2D eigenvalue weighted by molar-refractivity contribution is 5.78. The molecule has 1 rings (SSSR count). The van der Waals surface area contributed by atoms with Crippen LogP contribution in [0.25, 0.3) is 0 Å². The predicted octanol–water partition coefficient (Wildman–Crippen LogP) is -0.0761. The maximum absolute atomic E-state index is 11.5. The summed E-state index contributed by atoms with van der Waals surface area (Å²) in [7, 11) is 1.84. The fraction of sp³-hybridized carbons (Fsp3) is 0.600. The average Bonchev–Trinajstić information content (AvgIpc) is 2.71. The summed E-state index contributed by atoms with van der Waals surface area (Å²) in [6, 6.07) is 0. The van der Waals surface area contributed by atoms with Crippen molar-refractivity contribution in [2.24, 2.45) is 5.92 Å². The lowest BCUT2D eigenvalue weighted by Crippen LogP contribution is -2.35. The number of aromatic amines is 1. The molecule has 0 spiro atoms. The first-order valence-corrected chi connectivity index (χ1v) is 5.14. The highest BCUT2D eigenvalue weighted by Crippen LogP contribution is 1.93. The number of H-pyrrole nitrogens is 1. The fourth-order valence-corrected chi connectivity index (χ4v) is 1.31. The van der Waals surface area contributed by atoms with Crippen molar-refractivity contribution in [3.8, 4) is 0 Å². The van der Waals surface area contributed by atoms with Crippen LogP contribution in [0.5, 0.6) is 0 Å². The van der Waals surface area contributed by atoms with Gasteiger partial charge in [0.05, 0.1) is 0 Å². The standard InChI is InChI=1S/C10H18N4O/c1-8(7-11-2)10(15)14-4-3-9-12-5-6-13-9/h5-6,8,11H,3-4,7H2,1-2H3,(H,12,13)(H,14,15). The molecule has 15 heavy (non-hydrogen) atoms. The van der Waals surface area contributed by atoms with E-state index >= 15 is 0 Å². The molecule has 1 aromatic heterocycles. The van der Waals surface area contributed by atoms with Crippen molar-refractivity contribution in [2.45, 2.75) is 13.3 Å². The van der Waals surface area contributed by atoms with Crippen molar-refractivity contribution < 1.29 is 4.79 Å². The van der Waals surface area contributed by atoms with Crippen LogP contribution in [-0.4, -0.2) is 36.0 Å². The SMILES string of the molecule is CNCC(C)C(=O)NCCc1ncc[nH]1. The number of rotatable bonds is 6. The molecule has 0 aliphatic rings. The van der Waals surface area contributed by atoms with Gasteiger partial charge in [0.25, 0.3) is 0 Å². The van der Waals surface area contributed by atoms with Crippen molar-refractivity contribution in [1.29, 1.82) is 0 Å². The highest BCUT2D eigenvalue weighted by Gasteiger charge is 2.10. The molecule has 0 aromatic carbocycles. The van der Waals surface area contributed by atoms with Gasteiger partial charge >= 0.3 is 0 Å². The van der Waals surface area contributed by atoms with Gasteiger partial charge in [-0.25, -0.2) is 4.98 Å². The summed E-state index contributed by atoms with van der Waals surface area (Å²) < 4.78 is 0. The van der Waals surface area contributed by atoms with Crippen LogP contribution in [-0.2, 0) is 11.2 Å². The van der Waals surface area contributed by atoms with Crippen LogP contribution in [0.3, 0.4) is 0 Å². The Hall–Kier alpha value is -1.36. The first kappa shape index (κ1) is 11.7. The summed E-state index contributed by atoms with van der Waals surface area (Å²) >= 11 is 0. The highest BCUT2D eigenvalue weighted by atomic mass is 16.1. The van der Waals surface area contributed by atoms with E-state index in [1.165, 1.54) is 0 Å². The molecule has 1 amide bonds. The van der Waals surface area contributed by atoms with Crippen LogP contribution < -0.4 is 10.6 Å². The van der Waals surface area contributed by atoms with Gasteiger partial charge in [0.15, 0.2) is 0 Å². The number of carbonyl (C=O) groups excluding carboxylic acids is 1. The molecule has 1 atom stereocenters. The molecule has 5 heteroatoms. The molecule has 5 nitrogen and oxygen atoms in total. The van der Waals surface area contributed by atoms with E-state index in [0.29, 0.717) is 13.1 Å². The number of hydrogen-bond acceptors (Lipinski definition) is 3. The normalized spacial score (nSPS) is 12.4. The van der Waals surface area contributed by atoms with Gasteiger partial charge in [0.1, 0.15) is 5.82 Å². The minimum absolute atomic E-state index is 0.00611. The van der Waals surface area contributed by atoms with Gasteiger partial charge in [-0.15, -0.1) is 0 Å². The molecular formula is C10H18N4O. The monoisotopic (exact) mass is 210 g/mol. The van der Waals surface area contributed by atoms with Gasteiger partial charge in [-0.1, -0.05) is 6.92 Å². The van der Waals surface area contributed by atoms with E-state index in [9.17, 15) is 4.79 Å². The van der Waals surface area contributed by atoms with Gasteiger partial charge < -0.3 is 15.6 Å². The number of imidazole rings is 1. The third-order valence-electron chi connectivity index (χ3n) is 2.17. The zero-order valence-corrected chi connectivity index (χ0v) is 9.21. The van der Waals surface area contributed by atoms with Crippen molar-refractivity contribution in [3.63, 3.8) is 0 Å². The molecule has 1 heterocycles. The molecule has 1 aromatic rings. The van der Waals surface area contributed by atoms with Gasteiger partial charge in [-0.2, -0.15) is 0 Å². The van der Waals surface area contributed by atoms with Gasteiger partial charge in [-0.3, -0.25) is 4.79 Å². The quantitative estimate of drug-likeness (QED) is 0.615. The third kappa shape index (κ3) is 4.12. The number of hydrogen-bond donors (Lipinski definition) is 3. The summed E-state index contributed by atoms with van der Waals surface area (Å²) in [6.07, 6.45) is 4.23. The lowest BCUT2D eigenvalue weighted by atomic mass is 10.1. The summed E-state index contributed by atoms with van der Waals surface area (Å²) in [4.78, 5) is 18.5. The van der Waals surface area contributed by atoms with Crippen molar-refractivity contribution in [2.75, 3.05) is 20.1 Å². The topological polar surface area (TPSA) is 69.8 Å². The summed E-state index contributed by atoms with van der Waals surface area (Å²) in [5.74, 6) is 0.985. The summed E-state index contributed by atoms with van der Waals surface area (Å²) in [6.45, 7) is 3.23. The zero-order valence-electron chi connectivity index (χ0n) is 9.21. The predicted molar refractivity (Wildman–Crippen MR) is 58.4 cm³/mol. The zero-order chi connectivity index (χ0) is 11.1. The van der Waals surface area contributed by atoms with E-state index in [1.54, 1.807) is 12.4 Å². The maximum atomic E-state index is 11.5. The Labute approximate surface area is 89.7 Å². The second-order valence-corrected chi connectivity index (χ2v) is 3.54. The van der Waals surface area contributed by atoms with Crippen molar-refractivity contribution >= 4 is 5.91 Å². The first-order valence-electron chi connectivity index (χ1n) is 5.14. The number of nitrogens with one attached hydrogen (secondary N) is 3. The Bertz CT molecular complexity index is 284. The molecule has 3 N–H and O–H groups in total. The molecule has 84 valence electrons. The Kier molecular flexibility index (Phi) is 4.83. The van der Waals surface area contributed by atoms with Crippen LogP contribution in [0.2, 0.25) is 0 Å². The van der Waals surface area contributed by atoms with E-state index in [0.717, 1.165) is 12.2 Å². The lowest BCUT2D eigenvalue weighted by molar-refractivity contribution is -0.124. The first-order chi connectivity index (χ1) is 7.24. The van der Waals surface area contributed by atoms with E-state index in [1.807, 2.05) is 14.0 Å². The molecule has 0 saturated heterocycles. The molecule has 0 saturated carbocycles. The van der Waals surface area contributed by atoms with Crippen LogP contribution in [0, 0.1) is 5.92 Å². The van der Waals surface area contributed by atoms with Crippen LogP contribution in [0.15, 0.2) is 12.4 Å². The van der Waals surface area contributed by atoms with Crippen molar-refractivity contribution in [1.82, 2.24) is 20.6 Å². The number of nitrogens with zero attached hydrogens (tertiary/aromatic N) is 1. The van der Waals surface area contributed by atoms with E-state index in [4.69, 9.17) is 0 Å². The van der Waals surface area contributed by atoms with E-state index in [-0.39, 0.29) is 11.8 Å². The number of amides is 1. The molecule has 0 aliphatic heterocycles. The van der Waals surface area contributed by atoms with Gasteiger partial charge in [0.2, 0.25) is 5.91 Å². The Balaban J connectivity index is 2.17. The molecular weight excluding hydrogens is 192 g/mol. The largest absolute Gasteiger partial charge is 0.355 e. The second kappa shape index (κ2) is 6.19. The third-order valence-corrected chi connectivity index (χ3v) is 2.17. The lowest BCUT2D eigenvalue weighted by Gasteiger charge is -2.10. The molecule has 0 aliphatic carbocycles. The fourth-order valence-electron chi connectivity index (χ4n) is 1.31. The average molecular weight is 210 g/mol. The molecule has 0 fully saturated rings. The van der Waals surface area contributed by atoms with Crippen LogP contribution in [0.4, 0.5) is 0 Å². The van der Waals surface area contributed by atoms with Crippen molar-refractivity contribution in [3.05, 3.63) is 18.2 Å². The molecule has 1 unspecified atom stereocenters. The summed E-state index contributed by atoms with van der Waals surface area (Å²) in [5, 5.41) is 5.84. The number of carbonyl (C=O) groups is 1. The van der Waals surface area contributed by atoms with Crippen LogP contribution >= 0.6 is 0 Å². The van der Waals surface area contributed by atoms with Crippen LogP contribution in [0.1, 0.15) is 12.7 Å². The Morgan fingerprint density at radius 3 is 3.07 bits per heavy atom. The Morgan fingerprint density at radius 2 is 2.47 bits per heavy atom. The Morgan fingerprint density at radius 1 is 1.67 bits per heavy atom. The molecule has 0 radical (unpaired) electrons. The minimum atomic E-state index is 0.00611. The van der Waals surface area contributed by atoms with Gasteiger partial charge in [0, 0.05) is 37.8 Å². The minimum Gasteiger partial charge on any atom is -0.355 e. The smallest absolute Gasteiger partial charge is 0.224 e. The van der Waals surface area contributed by atoms with E-state index < -0.39 is 0 Å². The second-order valence-electron chi connectivity index (χ2n) is 3.54. The number of aromatic nitrogens is 2. The van der Waals surface area contributed by atoms with E-state index in [2.05, 4.69) is 20.6 Å². The molecule has 0 bridgehead atoms. The maximum Gasteiger partial charge on any atom is 0.224 e.